The Morgan fingerprint density at radius 1 is 1.27 bits per heavy atom. The average molecular weight is 160 g/mol. The van der Waals surface area contributed by atoms with Crippen LogP contribution >= 0.6 is 0 Å². The van der Waals surface area contributed by atoms with E-state index in [2.05, 4.69) is 0 Å². The van der Waals surface area contributed by atoms with Crippen molar-refractivity contribution < 1.29 is 10.2 Å². The lowest BCUT2D eigenvalue weighted by atomic mass is 9.99. The van der Waals surface area contributed by atoms with Crippen LogP contribution in [0.4, 0.5) is 0 Å². The summed E-state index contributed by atoms with van der Waals surface area (Å²) < 4.78 is 0. The van der Waals surface area contributed by atoms with E-state index in [9.17, 15) is 10.2 Å². The van der Waals surface area contributed by atoms with Gasteiger partial charge in [-0.25, -0.2) is 0 Å². The Morgan fingerprint density at radius 2 is 1.82 bits per heavy atom. The van der Waals surface area contributed by atoms with Crippen LogP contribution in [0.2, 0.25) is 0 Å². The maximum Gasteiger partial charge on any atom is 0.0592 e. The third kappa shape index (κ3) is 7.82. The van der Waals surface area contributed by atoms with Gasteiger partial charge in [-0.2, -0.15) is 0 Å². The van der Waals surface area contributed by atoms with Crippen LogP contribution < -0.4 is 0 Å². The van der Waals surface area contributed by atoms with Crippen molar-refractivity contribution in [3.8, 4) is 0 Å². The smallest absolute Gasteiger partial charge is 0.0592 e. The van der Waals surface area contributed by atoms with E-state index in [1.165, 1.54) is 0 Å². The molecule has 0 aromatic heterocycles. The van der Waals surface area contributed by atoms with Gasteiger partial charge in [-0.1, -0.05) is 13.3 Å². The molecular weight excluding hydrogens is 140 g/mol. The van der Waals surface area contributed by atoms with Crippen LogP contribution in [0.1, 0.15) is 46.5 Å². The summed E-state index contributed by atoms with van der Waals surface area (Å²) in [5, 5.41) is 18.6. The number of aliphatic hydroxyl groups is 2. The van der Waals surface area contributed by atoms with Gasteiger partial charge in [0.05, 0.1) is 11.7 Å². The van der Waals surface area contributed by atoms with E-state index in [1.54, 1.807) is 13.8 Å². The van der Waals surface area contributed by atoms with Crippen molar-refractivity contribution in [2.75, 3.05) is 0 Å². The fraction of sp³-hybridized carbons (Fsp3) is 1.00. The average Bonchev–Trinajstić information content (AvgIpc) is 1.83. The summed E-state index contributed by atoms with van der Waals surface area (Å²) >= 11 is 0. The van der Waals surface area contributed by atoms with Crippen LogP contribution in [-0.4, -0.2) is 21.9 Å². The number of hydrogen-bond acceptors (Lipinski definition) is 2. The van der Waals surface area contributed by atoms with Crippen molar-refractivity contribution in [1.29, 1.82) is 0 Å². The number of rotatable bonds is 5. The van der Waals surface area contributed by atoms with E-state index in [-0.39, 0.29) is 6.10 Å². The predicted octanol–water partition coefficient (Wildman–Crippen LogP) is 1.70. The van der Waals surface area contributed by atoms with Crippen LogP contribution in [0.3, 0.4) is 0 Å². The maximum atomic E-state index is 9.32. The van der Waals surface area contributed by atoms with Gasteiger partial charge < -0.3 is 10.2 Å². The molecule has 0 saturated carbocycles. The van der Waals surface area contributed by atoms with Crippen molar-refractivity contribution >= 4 is 0 Å². The van der Waals surface area contributed by atoms with E-state index in [1.807, 2.05) is 6.92 Å². The molecule has 2 nitrogen and oxygen atoms in total. The molecule has 0 radical (unpaired) electrons. The van der Waals surface area contributed by atoms with Gasteiger partial charge >= 0.3 is 0 Å². The quantitative estimate of drug-likeness (QED) is 0.642. The number of aliphatic hydroxyl groups excluding tert-OH is 1. The monoisotopic (exact) mass is 160 g/mol. The van der Waals surface area contributed by atoms with Crippen molar-refractivity contribution in [3.63, 3.8) is 0 Å². The van der Waals surface area contributed by atoms with Crippen LogP contribution in [-0.2, 0) is 0 Å². The third-order valence-corrected chi connectivity index (χ3v) is 1.71. The summed E-state index contributed by atoms with van der Waals surface area (Å²) in [6.45, 7) is 5.59. The highest BCUT2D eigenvalue weighted by Gasteiger charge is 2.14. The van der Waals surface area contributed by atoms with E-state index in [0.29, 0.717) is 12.8 Å². The molecule has 0 aliphatic rings. The lowest BCUT2D eigenvalue weighted by Crippen LogP contribution is -2.21. The highest BCUT2D eigenvalue weighted by atomic mass is 16.3. The van der Waals surface area contributed by atoms with E-state index >= 15 is 0 Å². The lowest BCUT2D eigenvalue weighted by molar-refractivity contribution is 0.0469. The Labute approximate surface area is 69.2 Å². The minimum Gasteiger partial charge on any atom is -0.393 e. The third-order valence-electron chi connectivity index (χ3n) is 1.71. The fourth-order valence-corrected chi connectivity index (χ4v) is 0.997. The standard InChI is InChI=1S/C9H20O2/c1-4-5-8(10)6-7-9(2,3)11/h8,10-11H,4-7H2,1-3H3/t8-/m1/s1. The predicted molar refractivity (Wildman–Crippen MR) is 46.4 cm³/mol. The van der Waals surface area contributed by atoms with Gasteiger partial charge in [-0.3, -0.25) is 0 Å². The summed E-state index contributed by atoms with van der Waals surface area (Å²) in [5.41, 5.74) is -0.630. The van der Waals surface area contributed by atoms with Gasteiger partial charge in [0.2, 0.25) is 0 Å². The summed E-state index contributed by atoms with van der Waals surface area (Å²) in [6.07, 6.45) is 3.00. The zero-order valence-corrected chi connectivity index (χ0v) is 7.80. The molecule has 0 fully saturated rings. The molecule has 0 heterocycles. The molecule has 11 heavy (non-hydrogen) atoms. The molecule has 0 bridgehead atoms. The van der Waals surface area contributed by atoms with Gasteiger partial charge in [0.15, 0.2) is 0 Å². The second-order valence-corrected chi connectivity index (χ2v) is 3.79. The summed E-state index contributed by atoms with van der Waals surface area (Å²) in [7, 11) is 0. The largest absolute Gasteiger partial charge is 0.393 e. The molecule has 0 unspecified atom stereocenters. The van der Waals surface area contributed by atoms with Crippen LogP contribution in [0.15, 0.2) is 0 Å². The molecular formula is C9H20O2. The first-order valence-corrected chi connectivity index (χ1v) is 4.36. The summed E-state index contributed by atoms with van der Waals surface area (Å²) in [6, 6.07) is 0. The van der Waals surface area contributed by atoms with Crippen LogP contribution in [0.5, 0.6) is 0 Å². The minimum atomic E-state index is -0.630. The lowest BCUT2D eigenvalue weighted by Gasteiger charge is -2.18. The topological polar surface area (TPSA) is 40.5 Å². The molecule has 2 heteroatoms. The maximum absolute atomic E-state index is 9.32. The number of hydrogen-bond donors (Lipinski definition) is 2. The molecule has 0 aromatic rings. The Morgan fingerprint density at radius 3 is 2.18 bits per heavy atom. The molecule has 68 valence electrons. The van der Waals surface area contributed by atoms with Gasteiger partial charge in [0.1, 0.15) is 0 Å². The molecule has 0 spiro atoms. The molecule has 0 aliphatic carbocycles. The van der Waals surface area contributed by atoms with Gasteiger partial charge in [0.25, 0.3) is 0 Å². The second kappa shape index (κ2) is 4.73. The molecule has 0 amide bonds. The summed E-state index contributed by atoms with van der Waals surface area (Å²) in [5.74, 6) is 0. The van der Waals surface area contributed by atoms with Crippen LogP contribution in [0, 0.1) is 0 Å². The van der Waals surface area contributed by atoms with Crippen molar-refractivity contribution in [3.05, 3.63) is 0 Å². The first kappa shape index (κ1) is 10.9. The van der Waals surface area contributed by atoms with Gasteiger partial charge in [-0.05, 0) is 33.1 Å². The normalized spacial score (nSPS) is 15.0. The van der Waals surface area contributed by atoms with E-state index in [0.717, 1.165) is 12.8 Å². The van der Waals surface area contributed by atoms with Crippen molar-refractivity contribution in [2.24, 2.45) is 0 Å². The molecule has 1 atom stereocenters. The zero-order chi connectivity index (χ0) is 8.91. The van der Waals surface area contributed by atoms with Gasteiger partial charge in [0, 0.05) is 0 Å². The highest BCUT2D eigenvalue weighted by molar-refractivity contribution is 4.67. The molecule has 0 saturated heterocycles. The Kier molecular flexibility index (Phi) is 4.69. The SMILES string of the molecule is CCC[C@@H](O)CCC(C)(C)O. The first-order chi connectivity index (χ1) is 4.95. The van der Waals surface area contributed by atoms with Crippen molar-refractivity contribution in [1.82, 2.24) is 0 Å². The second-order valence-electron chi connectivity index (χ2n) is 3.79. The Balaban J connectivity index is 3.38. The molecule has 0 rings (SSSR count). The van der Waals surface area contributed by atoms with E-state index < -0.39 is 5.60 Å². The van der Waals surface area contributed by atoms with E-state index in [4.69, 9.17) is 0 Å². The van der Waals surface area contributed by atoms with Crippen molar-refractivity contribution in [2.45, 2.75) is 58.2 Å². The molecule has 0 aliphatic heterocycles. The zero-order valence-electron chi connectivity index (χ0n) is 7.80. The Hall–Kier alpha value is -0.0800. The Bertz CT molecular complexity index is 94.2. The van der Waals surface area contributed by atoms with Gasteiger partial charge in [-0.15, -0.1) is 0 Å². The summed E-state index contributed by atoms with van der Waals surface area (Å²) in [4.78, 5) is 0. The first-order valence-electron chi connectivity index (χ1n) is 4.36. The minimum absolute atomic E-state index is 0.230. The van der Waals surface area contributed by atoms with Crippen LogP contribution in [0.25, 0.3) is 0 Å². The molecule has 0 aromatic carbocycles. The molecule has 2 N–H and O–H groups in total. The fourth-order valence-electron chi connectivity index (χ4n) is 0.997. The highest BCUT2D eigenvalue weighted by Crippen LogP contribution is 2.14.